The van der Waals surface area contributed by atoms with Crippen LogP contribution in [0.25, 0.3) is 0 Å². The van der Waals surface area contributed by atoms with Gasteiger partial charge in [0.25, 0.3) is 0 Å². The Balaban J connectivity index is 1.81. The van der Waals surface area contributed by atoms with E-state index in [1.54, 1.807) is 0 Å². The molecule has 1 aliphatic rings. The van der Waals surface area contributed by atoms with Crippen molar-refractivity contribution >= 4 is 11.6 Å². The summed E-state index contributed by atoms with van der Waals surface area (Å²) in [5, 5.41) is 0.726. The van der Waals surface area contributed by atoms with E-state index in [1.165, 1.54) is 32.1 Å². The SMILES string of the molecule is CCC1CCC(C(COc2ccc(Cl)cc2)NN)CC1. The van der Waals surface area contributed by atoms with Crippen LogP contribution in [0.5, 0.6) is 5.75 Å². The van der Waals surface area contributed by atoms with E-state index in [9.17, 15) is 0 Å². The maximum Gasteiger partial charge on any atom is 0.119 e. The van der Waals surface area contributed by atoms with Crippen molar-refractivity contribution in [3.63, 3.8) is 0 Å². The van der Waals surface area contributed by atoms with Gasteiger partial charge in [0.1, 0.15) is 12.4 Å². The highest BCUT2D eigenvalue weighted by Crippen LogP contribution is 2.32. The van der Waals surface area contributed by atoms with E-state index in [4.69, 9.17) is 22.2 Å². The first-order valence-corrected chi connectivity index (χ1v) is 7.95. The van der Waals surface area contributed by atoms with Crippen LogP contribution in [-0.2, 0) is 0 Å². The molecule has 0 spiro atoms. The summed E-state index contributed by atoms with van der Waals surface area (Å²) >= 11 is 5.86. The molecular weight excluding hydrogens is 272 g/mol. The minimum Gasteiger partial charge on any atom is -0.492 e. The van der Waals surface area contributed by atoms with Gasteiger partial charge in [0.2, 0.25) is 0 Å². The van der Waals surface area contributed by atoms with Gasteiger partial charge in [-0.05, 0) is 48.9 Å². The summed E-state index contributed by atoms with van der Waals surface area (Å²) in [6.07, 6.45) is 6.43. The number of nitrogens with two attached hydrogens (primary N) is 1. The normalized spacial score (nSPS) is 24.4. The first-order chi connectivity index (χ1) is 9.72. The molecule has 0 saturated heterocycles. The lowest BCUT2D eigenvalue weighted by molar-refractivity contribution is 0.165. The number of ether oxygens (including phenoxy) is 1. The molecule has 1 aromatic rings. The second-order valence-electron chi connectivity index (χ2n) is 5.73. The molecule has 0 aromatic heterocycles. The average Bonchev–Trinajstić information content (AvgIpc) is 2.50. The van der Waals surface area contributed by atoms with Gasteiger partial charge < -0.3 is 4.74 Å². The van der Waals surface area contributed by atoms with Gasteiger partial charge in [-0.3, -0.25) is 11.3 Å². The third-order valence-corrected chi connectivity index (χ3v) is 4.75. The van der Waals surface area contributed by atoms with Gasteiger partial charge in [-0.25, -0.2) is 0 Å². The van der Waals surface area contributed by atoms with E-state index in [2.05, 4.69) is 12.3 Å². The molecule has 1 saturated carbocycles. The summed E-state index contributed by atoms with van der Waals surface area (Å²) in [7, 11) is 0. The lowest BCUT2D eigenvalue weighted by atomic mass is 9.78. The van der Waals surface area contributed by atoms with Crippen molar-refractivity contribution in [1.29, 1.82) is 0 Å². The van der Waals surface area contributed by atoms with Gasteiger partial charge in [-0.15, -0.1) is 0 Å². The number of rotatable bonds is 6. The standard InChI is InChI=1S/C16H25ClN2O/c1-2-12-3-5-13(6-4-12)16(19-18)11-20-15-9-7-14(17)8-10-15/h7-10,12-13,16,19H,2-6,11,18H2,1H3. The van der Waals surface area contributed by atoms with Crippen LogP contribution in [0.2, 0.25) is 5.02 Å². The molecule has 0 radical (unpaired) electrons. The van der Waals surface area contributed by atoms with Crippen LogP contribution in [-0.4, -0.2) is 12.6 Å². The smallest absolute Gasteiger partial charge is 0.119 e. The van der Waals surface area contributed by atoms with Gasteiger partial charge >= 0.3 is 0 Å². The van der Waals surface area contributed by atoms with Crippen LogP contribution in [0.3, 0.4) is 0 Å². The van der Waals surface area contributed by atoms with E-state index in [0.717, 1.165) is 16.7 Å². The fraction of sp³-hybridized carbons (Fsp3) is 0.625. The van der Waals surface area contributed by atoms with E-state index in [0.29, 0.717) is 12.5 Å². The highest BCUT2D eigenvalue weighted by Gasteiger charge is 2.26. The van der Waals surface area contributed by atoms with Crippen LogP contribution in [0, 0.1) is 11.8 Å². The molecule has 0 amide bonds. The van der Waals surface area contributed by atoms with Crippen molar-refractivity contribution < 1.29 is 4.74 Å². The van der Waals surface area contributed by atoms with Gasteiger partial charge in [0.05, 0.1) is 6.04 Å². The van der Waals surface area contributed by atoms with E-state index in [1.807, 2.05) is 24.3 Å². The predicted molar refractivity (Wildman–Crippen MR) is 83.8 cm³/mol. The molecule has 0 aliphatic heterocycles. The molecule has 3 nitrogen and oxygen atoms in total. The largest absolute Gasteiger partial charge is 0.492 e. The number of hydrogen-bond donors (Lipinski definition) is 2. The molecule has 1 aromatic carbocycles. The second kappa shape index (κ2) is 7.87. The molecular formula is C16H25ClN2O. The summed E-state index contributed by atoms with van der Waals surface area (Å²) in [5.41, 5.74) is 2.94. The highest BCUT2D eigenvalue weighted by molar-refractivity contribution is 6.30. The lowest BCUT2D eigenvalue weighted by Crippen LogP contribution is -2.46. The van der Waals surface area contributed by atoms with Crippen molar-refractivity contribution in [2.24, 2.45) is 17.7 Å². The molecule has 1 atom stereocenters. The van der Waals surface area contributed by atoms with Crippen molar-refractivity contribution in [2.45, 2.75) is 45.1 Å². The minimum atomic E-state index is 0.225. The number of benzene rings is 1. The van der Waals surface area contributed by atoms with Crippen molar-refractivity contribution in [3.05, 3.63) is 29.3 Å². The summed E-state index contributed by atoms with van der Waals surface area (Å²) in [6, 6.07) is 7.69. The van der Waals surface area contributed by atoms with Gasteiger partial charge in [-0.2, -0.15) is 0 Å². The Morgan fingerprint density at radius 3 is 2.45 bits per heavy atom. The maximum atomic E-state index is 5.86. The van der Waals surface area contributed by atoms with Gasteiger partial charge in [0, 0.05) is 5.02 Å². The van der Waals surface area contributed by atoms with Crippen molar-refractivity contribution in [3.8, 4) is 5.75 Å². The second-order valence-corrected chi connectivity index (χ2v) is 6.16. The third kappa shape index (κ3) is 4.37. The van der Waals surface area contributed by atoms with Crippen LogP contribution in [0.1, 0.15) is 39.0 Å². The van der Waals surface area contributed by atoms with E-state index < -0.39 is 0 Å². The Morgan fingerprint density at radius 2 is 1.90 bits per heavy atom. The van der Waals surface area contributed by atoms with Crippen LogP contribution >= 0.6 is 11.6 Å². The van der Waals surface area contributed by atoms with Gasteiger partial charge in [0.15, 0.2) is 0 Å². The molecule has 0 bridgehead atoms. The van der Waals surface area contributed by atoms with Crippen molar-refractivity contribution in [1.82, 2.24) is 5.43 Å². The molecule has 112 valence electrons. The molecule has 0 heterocycles. The average molecular weight is 297 g/mol. The Morgan fingerprint density at radius 1 is 1.25 bits per heavy atom. The number of hydrazine groups is 1. The zero-order valence-corrected chi connectivity index (χ0v) is 12.9. The first-order valence-electron chi connectivity index (χ1n) is 7.57. The summed E-state index contributed by atoms with van der Waals surface area (Å²) < 4.78 is 5.82. The Bertz CT molecular complexity index is 388. The highest BCUT2D eigenvalue weighted by atomic mass is 35.5. The first kappa shape index (κ1) is 15.6. The Hall–Kier alpha value is -0.770. The molecule has 1 unspecified atom stereocenters. The van der Waals surface area contributed by atoms with Gasteiger partial charge in [-0.1, -0.05) is 37.8 Å². The fourth-order valence-corrected chi connectivity index (χ4v) is 3.16. The molecule has 4 heteroatoms. The zero-order chi connectivity index (χ0) is 14.4. The van der Waals surface area contributed by atoms with Crippen LogP contribution in [0.4, 0.5) is 0 Å². The number of hydrogen-bond acceptors (Lipinski definition) is 3. The summed E-state index contributed by atoms with van der Waals surface area (Å²) in [6.45, 7) is 2.90. The lowest BCUT2D eigenvalue weighted by Gasteiger charge is -2.33. The zero-order valence-electron chi connectivity index (χ0n) is 12.1. The Labute approximate surface area is 126 Å². The number of halogens is 1. The predicted octanol–water partition coefficient (Wildman–Crippen LogP) is 3.77. The van der Waals surface area contributed by atoms with Crippen LogP contribution in [0.15, 0.2) is 24.3 Å². The monoisotopic (exact) mass is 296 g/mol. The third-order valence-electron chi connectivity index (χ3n) is 4.50. The molecule has 1 aliphatic carbocycles. The molecule has 20 heavy (non-hydrogen) atoms. The number of nitrogens with one attached hydrogen (secondary N) is 1. The fourth-order valence-electron chi connectivity index (χ4n) is 3.04. The maximum absolute atomic E-state index is 5.86. The van der Waals surface area contributed by atoms with Crippen LogP contribution < -0.4 is 16.0 Å². The van der Waals surface area contributed by atoms with E-state index in [-0.39, 0.29) is 6.04 Å². The molecule has 2 rings (SSSR count). The quantitative estimate of drug-likeness (QED) is 0.620. The summed E-state index contributed by atoms with van der Waals surface area (Å²) in [5.74, 6) is 8.08. The molecule has 3 N–H and O–H groups in total. The Kier molecular flexibility index (Phi) is 6.14. The minimum absolute atomic E-state index is 0.225. The van der Waals surface area contributed by atoms with E-state index >= 15 is 0 Å². The summed E-state index contributed by atoms with van der Waals surface area (Å²) in [4.78, 5) is 0. The molecule has 1 fully saturated rings. The van der Waals surface area contributed by atoms with Crippen molar-refractivity contribution in [2.75, 3.05) is 6.61 Å². The topological polar surface area (TPSA) is 47.3 Å².